The Morgan fingerprint density at radius 3 is 1.72 bits per heavy atom. The van der Waals surface area contributed by atoms with Crippen molar-refractivity contribution in [2.24, 2.45) is 0 Å². The number of furan rings is 1. The van der Waals surface area contributed by atoms with Gasteiger partial charge < -0.3 is 19.4 Å². The van der Waals surface area contributed by atoms with Crippen LogP contribution in [0.4, 0.5) is 4.39 Å². The van der Waals surface area contributed by atoms with E-state index in [-0.39, 0.29) is 36.8 Å². The van der Waals surface area contributed by atoms with Crippen LogP contribution in [-0.2, 0) is 56.5 Å². The average Bonchev–Trinajstić information content (AvgIpc) is 3.69. The van der Waals surface area contributed by atoms with Gasteiger partial charge in [-0.1, -0.05) is 93.2 Å². The maximum absolute atomic E-state index is 14.5. The van der Waals surface area contributed by atoms with Crippen molar-refractivity contribution in [3.63, 3.8) is 0 Å². The van der Waals surface area contributed by atoms with Gasteiger partial charge in [-0.3, -0.25) is 0 Å². The number of hydrogen-bond acceptors (Lipinski definition) is 4. The minimum atomic E-state index is -2.56. The fourth-order valence-electron chi connectivity index (χ4n) is 7.82. The first-order valence-corrected chi connectivity index (χ1v) is 19.9. The Balaban J connectivity index is 0.00000608. The maximum atomic E-state index is 14.5. The topological polar surface area (TPSA) is 51.8 Å². The second-order valence-electron chi connectivity index (χ2n) is 16.4. The molecule has 0 N–H and O–H groups in total. The zero-order valence-electron chi connectivity index (χ0n) is 40.2. The number of pyridine rings is 3. The van der Waals surface area contributed by atoms with E-state index in [1.54, 1.807) is 30.3 Å². The van der Waals surface area contributed by atoms with E-state index in [4.69, 9.17) is 17.1 Å². The maximum Gasteiger partial charge on any atom is 3.00 e. The number of aromatic nitrogens is 3. The van der Waals surface area contributed by atoms with Crippen LogP contribution in [-0.4, -0.2) is 15.0 Å². The van der Waals surface area contributed by atoms with Crippen molar-refractivity contribution in [1.29, 1.82) is 0 Å². The van der Waals surface area contributed by atoms with Crippen LogP contribution in [0.2, 0.25) is 0 Å². The van der Waals surface area contributed by atoms with E-state index >= 15 is 0 Å². The number of nitrogens with zero attached hydrogens (tertiary/aromatic N) is 3. The third-order valence-electron chi connectivity index (χ3n) is 11.0. The molecule has 0 saturated carbocycles. The summed E-state index contributed by atoms with van der Waals surface area (Å²) in [4.78, 5) is 14.1. The monoisotopic (exact) mass is 981 g/mol. The molecular formula is C55H45FIrN3O. The van der Waals surface area contributed by atoms with Gasteiger partial charge in [0.05, 0.1) is 8.32 Å². The molecule has 9 aromatic rings. The van der Waals surface area contributed by atoms with Gasteiger partial charge in [-0.2, -0.15) is 0 Å². The molecule has 0 aliphatic carbocycles. The van der Waals surface area contributed by atoms with Gasteiger partial charge in [0.15, 0.2) is 0 Å². The average molecular weight is 981 g/mol. The quantitative estimate of drug-likeness (QED) is 0.114. The van der Waals surface area contributed by atoms with Crippen LogP contribution >= 0.6 is 0 Å². The van der Waals surface area contributed by atoms with E-state index in [0.717, 1.165) is 44.8 Å². The van der Waals surface area contributed by atoms with Crippen LogP contribution in [0.25, 0.3) is 55.7 Å². The number of aryl methyl sites for hydroxylation is 2. The van der Waals surface area contributed by atoms with Crippen LogP contribution < -0.4 is 0 Å². The molecule has 0 atom stereocenters. The van der Waals surface area contributed by atoms with Crippen LogP contribution in [0.5, 0.6) is 0 Å². The van der Waals surface area contributed by atoms with Crippen molar-refractivity contribution < 1.29 is 37.1 Å². The van der Waals surface area contributed by atoms with Gasteiger partial charge in [0.1, 0.15) is 11.4 Å². The van der Waals surface area contributed by atoms with Gasteiger partial charge in [0.2, 0.25) is 0 Å². The smallest absolute Gasteiger partial charge is 0.500 e. The van der Waals surface area contributed by atoms with Crippen LogP contribution in [0.15, 0.2) is 156 Å². The van der Waals surface area contributed by atoms with E-state index < -0.39 is 41.5 Å². The van der Waals surface area contributed by atoms with Gasteiger partial charge in [-0.05, 0) is 99.0 Å². The Bertz CT molecular complexity index is 3100. The summed E-state index contributed by atoms with van der Waals surface area (Å²) in [5.74, 6) is -0.980. The number of halogens is 1. The zero-order chi connectivity index (χ0) is 46.6. The second-order valence-corrected chi connectivity index (χ2v) is 16.4. The second kappa shape index (κ2) is 17.5. The molecule has 0 spiro atoms. The molecule has 4 aromatic heterocycles. The first kappa shape index (κ1) is 34.6. The summed E-state index contributed by atoms with van der Waals surface area (Å²) < 4.78 is 74.8. The van der Waals surface area contributed by atoms with E-state index in [1.165, 1.54) is 18.3 Å². The number of fused-ring (bicyclic) bond motifs is 3. The van der Waals surface area contributed by atoms with Crippen molar-refractivity contribution >= 4 is 21.9 Å². The molecule has 6 heteroatoms. The Kier molecular flexibility index (Phi) is 9.93. The van der Waals surface area contributed by atoms with Crippen LogP contribution in [0, 0.1) is 24.0 Å². The molecule has 0 bridgehead atoms. The van der Waals surface area contributed by atoms with E-state index in [1.807, 2.05) is 73.1 Å². The standard InChI is InChI=1S/C55H45FN3O.Ir/c1-54(2,43-21-26-49(58-35-43)41-12-7-5-8-13-41)32-39-28-38(29-40(30-39)33-55(3,4)44-22-27-50(59-36-44)42-14-9-6-10-15-42)19-18-37-20-25-51(57-34-37)48-17-11-16-47-46-24-23-45(56)31-52(46)60-53(47)48;/h5-12,14,16,20-31,34-36H,18-19,32-33H2,1-4H3;/q-3;+3/i18D2,19D2,23D,31D;. The van der Waals surface area contributed by atoms with E-state index in [2.05, 4.69) is 69.1 Å². The molecule has 4 heterocycles. The number of rotatable bonds is 12. The van der Waals surface area contributed by atoms with Crippen LogP contribution in [0.1, 0.15) is 69.3 Å². The molecule has 0 fully saturated rings. The van der Waals surface area contributed by atoms with Crippen molar-refractivity contribution in [2.45, 2.75) is 64.1 Å². The third-order valence-corrected chi connectivity index (χ3v) is 11.0. The van der Waals surface area contributed by atoms with Gasteiger partial charge in [-0.15, -0.1) is 90.0 Å². The predicted molar refractivity (Wildman–Crippen MR) is 240 cm³/mol. The molecule has 302 valence electrons. The Hall–Kier alpha value is -6.07. The molecule has 5 aromatic carbocycles. The number of hydrogen-bond donors (Lipinski definition) is 0. The van der Waals surface area contributed by atoms with Crippen LogP contribution in [0.3, 0.4) is 0 Å². The minimum Gasteiger partial charge on any atom is -0.500 e. The first-order chi connectivity index (χ1) is 31.4. The summed E-state index contributed by atoms with van der Waals surface area (Å²) in [6.45, 7) is 8.53. The fraction of sp³-hybridized carbons (Fsp3) is 0.182. The molecule has 61 heavy (non-hydrogen) atoms. The summed E-state index contributed by atoms with van der Waals surface area (Å²) in [5.41, 5.74) is 7.57. The van der Waals surface area contributed by atoms with Crippen molar-refractivity contribution in [3.05, 3.63) is 209 Å². The van der Waals surface area contributed by atoms with Crippen molar-refractivity contribution in [3.8, 4) is 33.8 Å². The Labute approximate surface area is 379 Å². The molecule has 0 unspecified atom stereocenters. The van der Waals surface area contributed by atoms with Gasteiger partial charge in [-0.25, -0.2) is 4.39 Å². The Morgan fingerprint density at radius 2 is 1.18 bits per heavy atom. The van der Waals surface area contributed by atoms with Crippen molar-refractivity contribution in [2.75, 3.05) is 0 Å². The molecule has 4 nitrogen and oxygen atoms in total. The van der Waals surface area contributed by atoms with E-state index in [0.29, 0.717) is 40.5 Å². The van der Waals surface area contributed by atoms with Gasteiger partial charge >= 0.3 is 20.1 Å². The SMILES string of the molecule is [2H]c1cc2c(oc3c(-c4ccc(C([2H])([2H])C([2H])([2H])c5cc(CC(C)(C)c6ccc(-c7[c-]cccc7)nc6)cc(CC(C)(C)c6ccc(-c7[c-]cccc7)nc6)c5)cn4)[c-]ccc32)c([2H])c1F.[Ir+3]. The molecule has 0 aliphatic heterocycles. The largest absolute Gasteiger partial charge is 3.00 e. The number of benzene rings is 5. The summed E-state index contributed by atoms with van der Waals surface area (Å²) in [6.07, 6.45) is 1.04. The molecule has 9 rings (SSSR count). The molecule has 0 saturated heterocycles. The molecule has 0 radical (unpaired) electrons. The summed E-state index contributed by atoms with van der Waals surface area (Å²) in [7, 11) is 0. The minimum absolute atomic E-state index is 0. The summed E-state index contributed by atoms with van der Waals surface area (Å²) in [5, 5.41) is 0.970. The van der Waals surface area contributed by atoms with Crippen molar-refractivity contribution in [1.82, 2.24) is 15.0 Å². The fourth-order valence-corrected chi connectivity index (χ4v) is 7.82. The third kappa shape index (κ3) is 9.17. The predicted octanol–water partition coefficient (Wildman–Crippen LogP) is 13.1. The zero-order valence-corrected chi connectivity index (χ0v) is 36.5. The summed E-state index contributed by atoms with van der Waals surface area (Å²) in [6, 6.07) is 45.7. The summed E-state index contributed by atoms with van der Waals surface area (Å²) >= 11 is 0. The van der Waals surface area contributed by atoms with E-state index in [9.17, 15) is 9.87 Å². The van der Waals surface area contributed by atoms with Gasteiger partial charge in [0.25, 0.3) is 0 Å². The first-order valence-electron chi connectivity index (χ1n) is 22.9. The molecule has 0 aliphatic rings. The Morgan fingerprint density at radius 1 is 0.607 bits per heavy atom. The molecular weight excluding hydrogens is 930 g/mol. The van der Waals surface area contributed by atoms with Gasteiger partial charge in [0, 0.05) is 35.5 Å². The molecule has 0 amide bonds. The normalized spacial score (nSPS) is 13.7.